The molecule has 0 radical (unpaired) electrons. The van der Waals surface area contributed by atoms with Gasteiger partial charge in [-0.25, -0.2) is 15.0 Å². The Morgan fingerprint density at radius 1 is 1.23 bits per heavy atom. The zero-order chi connectivity index (χ0) is 9.52. The van der Waals surface area contributed by atoms with Crippen LogP contribution >= 0.6 is 0 Å². The highest BCUT2D eigenvalue weighted by atomic mass is 15.0. The zero-order valence-electron chi connectivity index (χ0n) is 7.14. The highest BCUT2D eigenvalue weighted by Gasteiger charge is 1.91. The molecule has 0 unspecified atom stereocenters. The van der Waals surface area contributed by atoms with Crippen molar-refractivity contribution in [1.82, 2.24) is 19.9 Å². The average molecular weight is 174 g/mol. The summed E-state index contributed by atoms with van der Waals surface area (Å²) in [5, 5.41) is 0. The van der Waals surface area contributed by atoms with E-state index in [1.54, 1.807) is 24.7 Å². The van der Waals surface area contributed by atoms with Crippen LogP contribution in [0.25, 0.3) is 11.2 Å². The molecule has 66 valence electrons. The lowest BCUT2D eigenvalue weighted by Gasteiger charge is -1.80. The van der Waals surface area contributed by atoms with E-state index in [0.717, 1.165) is 5.52 Å². The number of hydrogen-bond donors (Lipinski definition) is 1. The van der Waals surface area contributed by atoms with Crippen molar-refractivity contribution in [2.45, 2.75) is 0 Å². The molecule has 13 heavy (non-hydrogen) atoms. The van der Waals surface area contributed by atoms with Gasteiger partial charge in [0, 0.05) is 0 Å². The smallest absolute Gasteiger partial charge is 0.180 e. The van der Waals surface area contributed by atoms with Gasteiger partial charge in [-0.1, -0.05) is 25.3 Å². The molecule has 1 N–H and O–H groups in total. The van der Waals surface area contributed by atoms with Crippen molar-refractivity contribution >= 4 is 11.2 Å². The Morgan fingerprint density at radius 3 is 2.62 bits per heavy atom. The van der Waals surface area contributed by atoms with Crippen molar-refractivity contribution in [3.63, 3.8) is 0 Å². The summed E-state index contributed by atoms with van der Waals surface area (Å²) in [7, 11) is 0. The largest absolute Gasteiger partial charge is 0.342 e. The van der Waals surface area contributed by atoms with E-state index in [4.69, 9.17) is 0 Å². The molecule has 0 fully saturated rings. The molecule has 2 aromatic heterocycles. The third-order valence-corrected chi connectivity index (χ3v) is 1.26. The van der Waals surface area contributed by atoms with Gasteiger partial charge < -0.3 is 4.98 Å². The van der Waals surface area contributed by atoms with Crippen LogP contribution in [-0.2, 0) is 0 Å². The number of H-pyrrole nitrogens is 1. The Labute approximate surface area is 76.1 Å². The van der Waals surface area contributed by atoms with Crippen molar-refractivity contribution in [1.29, 1.82) is 0 Å². The van der Waals surface area contributed by atoms with E-state index in [0.29, 0.717) is 5.65 Å². The molecule has 0 aliphatic heterocycles. The van der Waals surface area contributed by atoms with Crippen LogP contribution in [0, 0.1) is 0 Å². The fourth-order valence-corrected chi connectivity index (χ4v) is 0.691. The van der Waals surface area contributed by atoms with Crippen LogP contribution in [0.15, 0.2) is 44.2 Å². The Morgan fingerprint density at radius 2 is 2.00 bits per heavy atom. The Bertz CT molecular complexity index is 355. The third-order valence-electron chi connectivity index (χ3n) is 1.26. The number of aromatic nitrogens is 4. The van der Waals surface area contributed by atoms with E-state index in [1.807, 2.05) is 0 Å². The summed E-state index contributed by atoms with van der Waals surface area (Å²) in [5.41, 5.74) is 1.59. The number of rotatable bonds is 1. The van der Waals surface area contributed by atoms with Crippen molar-refractivity contribution in [3.8, 4) is 0 Å². The summed E-state index contributed by atoms with van der Waals surface area (Å²) in [5.74, 6) is 0. The first-order valence-corrected chi connectivity index (χ1v) is 3.71. The summed E-state index contributed by atoms with van der Waals surface area (Å²) >= 11 is 0. The fourth-order valence-electron chi connectivity index (χ4n) is 0.691. The van der Waals surface area contributed by atoms with E-state index >= 15 is 0 Å². The second-order valence-corrected chi connectivity index (χ2v) is 2.13. The number of fused-ring (bicyclic) bond motifs is 1. The molecule has 0 spiro atoms. The molecule has 2 aromatic rings. The summed E-state index contributed by atoms with van der Waals surface area (Å²) in [6.07, 6.45) is 8.04. The molecule has 0 aliphatic carbocycles. The maximum atomic E-state index is 3.91. The molecule has 0 amide bonds. The van der Waals surface area contributed by atoms with Crippen LogP contribution in [0.1, 0.15) is 0 Å². The van der Waals surface area contributed by atoms with Crippen molar-refractivity contribution in [2.24, 2.45) is 0 Å². The van der Waals surface area contributed by atoms with Gasteiger partial charge >= 0.3 is 0 Å². The molecule has 0 saturated carbocycles. The van der Waals surface area contributed by atoms with Crippen LogP contribution in [0.2, 0.25) is 0 Å². The molecular weight excluding hydrogens is 164 g/mol. The maximum absolute atomic E-state index is 3.91. The molecule has 4 heteroatoms. The summed E-state index contributed by atoms with van der Waals surface area (Å²) in [6.45, 7) is 6.72. The van der Waals surface area contributed by atoms with E-state index in [-0.39, 0.29) is 0 Å². The molecule has 0 atom stereocenters. The molecule has 0 aliphatic rings. The minimum absolute atomic E-state index is 0.713. The lowest BCUT2D eigenvalue weighted by Crippen LogP contribution is -1.76. The van der Waals surface area contributed by atoms with Gasteiger partial charge in [-0.15, -0.1) is 0 Å². The normalized spacial score (nSPS) is 8.62. The predicted octanol–water partition coefficient (Wildman–Crippen LogP) is 1.71. The van der Waals surface area contributed by atoms with Crippen LogP contribution in [0.5, 0.6) is 0 Å². The summed E-state index contributed by atoms with van der Waals surface area (Å²) in [6, 6.07) is 0. The Kier molecular flexibility index (Phi) is 3.38. The van der Waals surface area contributed by atoms with E-state index < -0.39 is 0 Å². The first-order valence-electron chi connectivity index (χ1n) is 3.71. The van der Waals surface area contributed by atoms with Gasteiger partial charge in [0.1, 0.15) is 11.8 Å². The number of allylic oxidation sites excluding steroid dienone is 2. The van der Waals surface area contributed by atoms with Gasteiger partial charge in [0.15, 0.2) is 5.65 Å². The Hall–Kier alpha value is -1.97. The van der Waals surface area contributed by atoms with Crippen LogP contribution in [0.3, 0.4) is 0 Å². The van der Waals surface area contributed by atoms with Crippen LogP contribution < -0.4 is 0 Å². The van der Waals surface area contributed by atoms with Gasteiger partial charge in [0.05, 0.1) is 12.5 Å². The first-order chi connectivity index (χ1) is 6.38. The van der Waals surface area contributed by atoms with Crippen molar-refractivity contribution in [3.05, 3.63) is 44.2 Å². The topological polar surface area (TPSA) is 54.5 Å². The molecular formula is C9H10N4. The van der Waals surface area contributed by atoms with E-state index in [9.17, 15) is 0 Å². The quantitative estimate of drug-likeness (QED) is 0.669. The highest BCUT2D eigenvalue weighted by molar-refractivity contribution is 5.67. The number of hydrogen-bond acceptors (Lipinski definition) is 3. The molecule has 2 heterocycles. The highest BCUT2D eigenvalue weighted by Crippen LogP contribution is 1.99. The van der Waals surface area contributed by atoms with Gasteiger partial charge in [0.25, 0.3) is 0 Å². The standard InChI is InChI=1S/C5H4N4.C4H6/c1-4-5(8-2-6-1)9-3-7-4;1-3-4-2/h1-3H,(H,6,7,8,9);3-4H,1-2H2. The van der Waals surface area contributed by atoms with Gasteiger partial charge in [-0.3, -0.25) is 0 Å². The van der Waals surface area contributed by atoms with Gasteiger partial charge in [-0.05, 0) is 0 Å². The fraction of sp³-hybridized carbons (Fsp3) is 0. The Balaban J connectivity index is 0.000000184. The zero-order valence-corrected chi connectivity index (χ0v) is 7.14. The molecule has 2 rings (SSSR count). The van der Waals surface area contributed by atoms with Crippen LogP contribution in [-0.4, -0.2) is 19.9 Å². The second kappa shape index (κ2) is 4.82. The molecule has 0 aromatic carbocycles. The third kappa shape index (κ3) is 2.52. The SMILES string of the molecule is C=CC=C.c1ncc2[nH]cnc2n1. The number of nitrogens with zero attached hydrogens (tertiary/aromatic N) is 3. The van der Waals surface area contributed by atoms with Gasteiger partial charge in [-0.2, -0.15) is 0 Å². The second-order valence-electron chi connectivity index (χ2n) is 2.13. The minimum Gasteiger partial charge on any atom is -0.342 e. The lowest BCUT2D eigenvalue weighted by molar-refractivity contribution is 1.20. The number of aromatic amines is 1. The number of imidazole rings is 1. The molecule has 4 nitrogen and oxygen atoms in total. The van der Waals surface area contributed by atoms with Gasteiger partial charge in [0.2, 0.25) is 0 Å². The summed E-state index contributed by atoms with van der Waals surface area (Å²) < 4.78 is 0. The van der Waals surface area contributed by atoms with E-state index in [1.165, 1.54) is 6.33 Å². The predicted molar refractivity (Wildman–Crippen MR) is 52.1 cm³/mol. The monoisotopic (exact) mass is 174 g/mol. The lowest BCUT2D eigenvalue weighted by atomic mass is 10.6. The summed E-state index contributed by atoms with van der Waals surface area (Å²) in [4.78, 5) is 14.5. The van der Waals surface area contributed by atoms with Crippen LogP contribution in [0.4, 0.5) is 0 Å². The first kappa shape index (κ1) is 9.12. The van der Waals surface area contributed by atoms with E-state index in [2.05, 4.69) is 33.1 Å². The van der Waals surface area contributed by atoms with Crippen molar-refractivity contribution < 1.29 is 0 Å². The number of nitrogens with one attached hydrogen (secondary N) is 1. The maximum Gasteiger partial charge on any atom is 0.180 e. The molecule has 0 bridgehead atoms. The molecule has 0 saturated heterocycles. The van der Waals surface area contributed by atoms with Crippen molar-refractivity contribution in [2.75, 3.05) is 0 Å². The minimum atomic E-state index is 0.713. The average Bonchev–Trinajstić information content (AvgIpc) is 2.66.